The fraction of sp³-hybridized carbons (Fsp3) is 0.280. The smallest absolute Gasteiger partial charge is 0.166 e. The van der Waals surface area contributed by atoms with Crippen LogP contribution in [0.4, 0.5) is 0 Å². The number of hydrogen-bond acceptors (Lipinski definition) is 1. The van der Waals surface area contributed by atoms with Gasteiger partial charge in [-0.05, 0) is 62.2 Å². The van der Waals surface area contributed by atoms with Crippen LogP contribution in [0.5, 0.6) is 0 Å². The van der Waals surface area contributed by atoms with E-state index < -0.39 is 0 Å². The quantitative estimate of drug-likeness (QED) is 0.309. The lowest BCUT2D eigenvalue weighted by Gasteiger charge is -2.26. The molecule has 0 aliphatic rings. The highest BCUT2D eigenvalue weighted by Gasteiger charge is 2.29. The molecule has 0 saturated heterocycles. The van der Waals surface area contributed by atoms with Crippen molar-refractivity contribution in [2.75, 3.05) is 6.61 Å². The van der Waals surface area contributed by atoms with Crippen LogP contribution in [0.2, 0.25) is 0 Å². The Labute approximate surface area is 166 Å². The Bertz CT molecular complexity index is 770. The highest BCUT2D eigenvalue weighted by molar-refractivity contribution is 7.97. The van der Waals surface area contributed by atoms with Crippen LogP contribution in [-0.2, 0) is 21.2 Å². The van der Waals surface area contributed by atoms with Crippen LogP contribution in [0, 0.1) is 0 Å². The molecule has 0 atom stereocenters. The predicted octanol–water partition coefficient (Wildman–Crippen LogP) is 6.83. The monoisotopic (exact) mass is 377 g/mol. The minimum atomic E-state index is -0.258. The molecule has 0 N–H and O–H groups in total. The normalized spacial score (nSPS) is 11.7. The molecule has 0 aromatic heterocycles. The second-order valence-electron chi connectivity index (χ2n) is 7.17. The molecule has 0 aliphatic carbocycles. The zero-order valence-corrected chi connectivity index (χ0v) is 17.3. The van der Waals surface area contributed by atoms with E-state index >= 15 is 0 Å². The summed E-state index contributed by atoms with van der Waals surface area (Å²) in [7, 11) is -0.0973. The van der Waals surface area contributed by atoms with Gasteiger partial charge in [0.2, 0.25) is 0 Å². The molecule has 0 unspecified atom stereocenters. The Balaban J connectivity index is 1.90. The van der Waals surface area contributed by atoms with Gasteiger partial charge in [0.15, 0.2) is 14.7 Å². The van der Waals surface area contributed by atoms with E-state index in [-0.39, 0.29) is 16.5 Å². The van der Waals surface area contributed by atoms with Gasteiger partial charge >= 0.3 is 0 Å². The SMILES string of the molecule is CCCCOC(C)(C)c1ccc([S+](c2ccccc2)c2ccccc2)cc1. The van der Waals surface area contributed by atoms with Crippen molar-refractivity contribution in [3.63, 3.8) is 0 Å². The minimum absolute atomic E-state index is 0.0973. The maximum absolute atomic E-state index is 6.13. The number of ether oxygens (including phenoxy) is 1. The molecule has 0 spiro atoms. The first-order chi connectivity index (χ1) is 13.1. The topological polar surface area (TPSA) is 9.23 Å². The average Bonchev–Trinajstić information content (AvgIpc) is 2.70. The summed E-state index contributed by atoms with van der Waals surface area (Å²) in [5, 5.41) is 0. The van der Waals surface area contributed by atoms with Gasteiger partial charge in [0.05, 0.1) is 16.5 Å². The van der Waals surface area contributed by atoms with E-state index in [2.05, 4.69) is 106 Å². The first kappa shape index (κ1) is 19.7. The van der Waals surface area contributed by atoms with E-state index in [4.69, 9.17) is 4.74 Å². The van der Waals surface area contributed by atoms with E-state index in [1.807, 2.05) is 0 Å². The molecule has 140 valence electrons. The van der Waals surface area contributed by atoms with Crippen molar-refractivity contribution in [1.82, 2.24) is 0 Å². The van der Waals surface area contributed by atoms with Crippen molar-refractivity contribution in [2.24, 2.45) is 0 Å². The Hall–Kier alpha value is -2.03. The Morgan fingerprint density at radius 2 is 1.19 bits per heavy atom. The maximum Gasteiger partial charge on any atom is 0.166 e. The molecule has 2 heteroatoms. The third kappa shape index (κ3) is 5.03. The zero-order valence-electron chi connectivity index (χ0n) is 16.5. The zero-order chi connectivity index (χ0) is 19.1. The van der Waals surface area contributed by atoms with Crippen LogP contribution in [-0.4, -0.2) is 6.61 Å². The number of unbranched alkanes of at least 4 members (excludes halogenated alkanes) is 1. The van der Waals surface area contributed by atoms with Gasteiger partial charge in [-0.1, -0.05) is 61.9 Å². The van der Waals surface area contributed by atoms with E-state index in [0.717, 1.165) is 19.4 Å². The molecule has 1 nitrogen and oxygen atoms in total. The first-order valence-corrected chi connectivity index (χ1v) is 10.9. The lowest BCUT2D eigenvalue weighted by molar-refractivity contribution is -0.0229. The van der Waals surface area contributed by atoms with E-state index in [1.165, 1.54) is 20.2 Å². The molecular weight excluding hydrogens is 348 g/mol. The van der Waals surface area contributed by atoms with Gasteiger partial charge in [-0.3, -0.25) is 0 Å². The van der Waals surface area contributed by atoms with Crippen LogP contribution < -0.4 is 0 Å². The van der Waals surface area contributed by atoms with Gasteiger partial charge in [0, 0.05) is 6.61 Å². The Morgan fingerprint density at radius 3 is 1.67 bits per heavy atom. The van der Waals surface area contributed by atoms with Crippen molar-refractivity contribution in [3.05, 3.63) is 90.5 Å². The molecule has 0 aliphatic heterocycles. The molecule has 3 rings (SSSR count). The lowest BCUT2D eigenvalue weighted by atomic mass is 9.98. The van der Waals surface area contributed by atoms with Crippen LogP contribution in [0.3, 0.4) is 0 Å². The van der Waals surface area contributed by atoms with Crippen LogP contribution >= 0.6 is 0 Å². The fourth-order valence-corrected chi connectivity index (χ4v) is 5.15. The summed E-state index contributed by atoms with van der Waals surface area (Å²) in [6, 6.07) is 30.5. The van der Waals surface area contributed by atoms with Gasteiger partial charge < -0.3 is 4.74 Å². The molecule has 0 saturated carbocycles. The highest BCUT2D eigenvalue weighted by Crippen LogP contribution is 2.33. The van der Waals surface area contributed by atoms with Gasteiger partial charge in [0.1, 0.15) is 0 Å². The van der Waals surface area contributed by atoms with Crippen molar-refractivity contribution < 1.29 is 4.74 Å². The summed E-state index contributed by atoms with van der Waals surface area (Å²) in [5.74, 6) is 0. The molecule has 0 heterocycles. The second-order valence-corrected chi connectivity index (χ2v) is 9.20. The molecule has 27 heavy (non-hydrogen) atoms. The third-order valence-corrected chi connectivity index (χ3v) is 6.93. The molecule has 0 amide bonds. The minimum Gasteiger partial charge on any atom is -0.371 e. The second kappa shape index (κ2) is 9.25. The summed E-state index contributed by atoms with van der Waals surface area (Å²) in [6.45, 7) is 7.32. The maximum atomic E-state index is 6.13. The molecule has 0 bridgehead atoms. The molecule has 0 radical (unpaired) electrons. The largest absolute Gasteiger partial charge is 0.371 e. The summed E-state index contributed by atoms with van der Waals surface area (Å²) in [4.78, 5) is 4.02. The fourth-order valence-electron chi connectivity index (χ4n) is 3.07. The van der Waals surface area contributed by atoms with Gasteiger partial charge in [-0.25, -0.2) is 0 Å². The summed E-state index contributed by atoms with van der Waals surface area (Å²) in [6.07, 6.45) is 2.26. The van der Waals surface area contributed by atoms with Crippen LogP contribution in [0.15, 0.2) is 99.6 Å². The number of hydrogen-bond donors (Lipinski definition) is 0. The van der Waals surface area contributed by atoms with Crippen molar-refractivity contribution in [2.45, 2.75) is 53.9 Å². The summed E-state index contributed by atoms with van der Waals surface area (Å²) < 4.78 is 6.13. The highest BCUT2D eigenvalue weighted by atomic mass is 32.2. The summed E-state index contributed by atoms with van der Waals surface area (Å²) in [5.41, 5.74) is 0.971. The predicted molar refractivity (Wildman–Crippen MR) is 115 cm³/mol. The Morgan fingerprint density at radius 1 is 0.704 bits per heavy atom. The van der Waals surface area contributed by atoms with Crippen molar-refractivity contribution in [3.8, 4) is 0 Å². The van der Waals surface area contributed by atoms with E-state index in [0.29, 0.717) is 0 Å². The average molecular weight is 378 g/mol. The van der Waals surface area contributed by atoms with E-state index in [1.54, 1.807) is 0 Å². The lowest BCUT2D eigenvalue weighted by Crippen LogP contribution is -2.22. The van der Waals surface area contributed by atoms with Crippen LogP contribution in [0.25, 0.3) is 0 Å². The third-order valence-electron chi connectivity index (χ3n) is 4.70. The standard InChI is InChI=1S/C25H29OS/c1-4-5-20-26-25(2,3)21-16-18-24(19-17-21)27(22-12-8-6-9-13-22)23-14-10-7-11-15-23/h6-19H,4-5,20H2,1-3H3/q+1. The molecule has 0 fully saturated rings. The summed E-state index contributed by atoms with van der Waals surface area (Å²) >= 11 is 0. The number of rotatable bonds is 8. The van der Waals surface area contributed by atoms with Crippen LogP contribution in [0.1, 0.15) is 39.2 Å². The molecule has 3 aromatic carbocycles. The van der Waals surface area contributed by atoms with Crippen molar-refractivity contribution >= 4 is 10.9 Å². The number of benzene rings is 3. The van der Waals surface area contributed by atoms with E-state index in [9.17, 15) is 0 Å². The van der Waals surface area contributed by atoms with Crippen molar-refractivity contribution in [1.29, 1.82) is 0 Å². The molecular formula is C25H29OS+. The first-order valence-electron chi connectivity index (χ1n) is 9.71. The van der Waals surface area contributed by atoms with Gasteiger partial charge in [-0.2, -0.15) is 0 Å². The Kier molecular flexibility index (Phi) is 6.76. The van der Waals surface area contributed by atoms with Gasteiger partial charge in [0.25, 0.3) is 0 Å². The molecule has 3 aromatic rings. The van der Waals surface area contributed by atoms with Gasteiger partial charge in [-0.15, -0.1) is 0 Å².